The molecule has 0 fully saturated rings. The van der Waals surface area contributed by atoms with E-state index < -0.39 is 0 Å². The standard InChI is InChI=1S/C12H7BrF2/c13-11-6-5-8(14)7-10(11)9-3-1-2-4-12(9)15/h1-7H. The topological polar surface area (TPSA) is 0 Å². The van der Waals surface area contributed by atoms with Crippen LogP contribution in [0.4, 0.5) is 8.78 Å². The maximum absolute atomic E-state index is 13.4. The number of benzene rings is 2. The molecule has 0 heterocycles. The molecular weight excluding hydrogens is 262 g/mol. The number of hydrogen-bond acceptors (Lipinski definition) is 0. The molecule has 0 aromatic heterocycles. The average molecular weight is 269 g/mol. The Bertz CT molecular complexity index is 495. The van der Waals surface area contributed by atoms with Crippen molar-refractivity contribution in [1.29, 1.82) is 0 Å². The first kappa shape index (κ1) is 10.3. The Morgan fingerprint density at radius 2 is 1.60 bits per heavy atom. The van der Waals surface area contributed by atoms with E-state index >= 15 is 0 Å². The summed E-state index contributed by atoms with van der Waals surface area (Å²) in [5.74, 6) is -0.736. The summed E-state index contributed by atoms with van der Waals surface area (Å²) < 4.78 is 27.1. The van der Waals surface area contributed by atoms with Gasteiger partial charge in [0.05, 0.1) is 0 Å². The molecule has 15 heavy (non-hydrogen) atoms. The minimum Gasteiger partial charge on any atom is -0.207 e. The zero-order chi connectivity index (χ0) is 10.8. The van der Waals surface area contributed by atoms with Crippen LogP contribution >= 0.6 is 15.9 Å². The normalized spacial score (nSPS) is 10.3. The molecule has 0 aliphatic rings. The van der Waals surface area contributed by atoms with Crippen molar-refractivity contribution in [2.24, 2.45) is 0 Å². The van der Waals surface area contributed by atoms with Crippen LogP contribution in [-0.4, -0.2) is 0 Å². The molecule has 0 unspecified atom stereocenters. The fourth-order valence-corrected chi connectivity index (χ4v) is 1.84. The monoisotopic (exact) mass is 268 g/mol. The summed E-state index contributed by atoms with van der Waals surface area (Å²) in [5, 5.41) is 0. The zero-order valence-electron chi connectivity index (χ0n) is 7.68. The molecule has 2 aromatic carbocycles. The van der Waals surface area contributed by atoms with Gasteiger partial charge in [-0.2, -0.15) is 0 Å². The zero-order valence-corrected chi connectivity index (χ0v) is 9.26. The van der Waals surface area contributed by atoms with Crippen LogP contribution in [0.1, 0.15) is 0 Å². The van der Waals surface area contributed by atoms with Crippen molar-refractivity contribution in [3.8, 4) is 11.1 Å². The van der Waals surface area contributed by atoms with Gasteiger partial charge in [-0.3, -0.25) is 0 Å². The number of halogens is 3. The lowest BCUT2D eigenvalue weighted by molar-refractivity contribution is 0.624. The highest BCUT2D eigenvalue weighted by molar-refractivity contribution is 9.10. The van der Waals surface area contributed by atoms with E-state index in [4.69, 9.17) is 0 Å². The molecule has 2 aromatic rings. The van der Waals surface area contributed by atoms with E-state index in [0.717, 1.165) is 0 Å². The maximum Gasteiger partial charge on any atom is 0.131 e. The Labute approximate surface area is 94.7 Å². The van der Waals surface area contributed by atoms with Crippen molar-refractivity contribution in [3.05, 3.63) is 58.6 Å². The molecule has 0 atom stereocenters. The predicted molar refractivity (Wildman–Crippen MR) is 59.5 cm³/mol. The highest BCUT2D eigenvalue weighted by Gasteiger charge is 2.08. The molecule has 0 bridgehead atoms. The van der Waals surface area contributed by atoms with Crippen molar-refractivity contribution in [2.45, 2.75) is 0 Å². The van der Waals surface area contributed by atoms with Gasteiger partial charge in [0.1, 0.15) is 11.6 Å². The minimum absolute atomic E-state index is 0.358. The summed E-state index contributed by atoms with van der Waals surface area (Å²) in [6, 6.07) is 10.5. The second kappa shape index (κ2) is 4.11. The summed E-state index contributed by atoms with van der Waals surface area (Å²) in [5.41, 5.74) is 0.914. The fraction of sp³-hybridized carbons (Fsp3) is 0. The summed E-state index contributed by atoms with van der Waals surface area (Å²) in [4.78, 5) is 0. The molecule has 0 amide bonds. The first-order valence-electron chi connectivity index (χ1n) is 4.38. The van der Waals surface area contributed by atoms with Gasteiger partial charge in [-0.15, -0.1) is 0 Å². The van der Waals surface area contributed by atoms with Gasteiger partial charge in [-0.1, -0.05) is 34.1 Å². The van der Waals surface area contributed by atoms with Crippen LogP contribution < -0.4 is 0 Å². The van der Waals surface area contributed by atoms with Gasteiger partial charge in [-0.25, -0.2) is 8.78 Å². The summed E-state index contributed by atoms with van der Waals surface area (Å²) in [7, 11) is 0. The Morgan fingerprint density at radius 3 is 2.33 bits per heavy atom. The van der Waals surface area contributed by atoms with Crippen LogP contribution in [-0.2, 0) is 0 Å². The second-order valence-electron chi connectivity index (χ2n) is 3.10. The molecule has 0 aliphatic heterocycles. The first-order valence-corrected chi connectivity index (χ1v) is 5.18. The Balaban J connectivity index is 2.64. The Morgan fingerprint density at radius 1 is 0.867 bits per heavy atom. The van der Waals surface area contributed by atoms with Gasteiger partial charge in [0, 0.05) is 15.6 Å². The number of hydrogen-bond donors (Lipinski definition) is 0. The van der Waals surface area contributed by atoms with E-state index in [1.54, 1.807) is 24.3 Å². The molecule has 0 nitrogen and oxygen atoms in total. The van der Waals surface area contributed by atoms with Gasteiger partial charge >= 0.3 is 0 Å². The molecule has 0 saturated heterocycles. The molecule has 2 rings (SSSR count). The van der Waals surface area contributed by atoms with Crippen LogP contribution in [0.25, 0.3) is 11.1 Å². The molecule has 3 heteroatoms. The van der Waals surface area contributed by atoms with Crippen LogP contribution in [0.3, 0.4) is 0 Å². The van der Waals surface area contributed by atoms with Crippen LogP contribution in [0.2, 0.25) is 0 Å². The van der Waals surface area contributed by atoms with Gasteiger partial charge in [0.2, 0.25) is 0 Å². The molecule has 0 saturated carbocycles. The maximum atomic E-state index is 13.4. The van der Waals surface area contributed by atoms with Gasteiger partial charge in [0.15, 0.2) is 0 Å². The lowest BCUT2D eigenvalue weighted by Gasteiger charge is -2.05. The lowest BCUT2D eigenvalue weighted by atomic mass is 10.1. The van der Waals surface area contributed by atoms with E-state index in [2.05, 4.69) is 15.9 Å². The highest BCUT2D eigenvalue weighted by Crippen LogP contribution is 2.30. The van der Waals surface area contributed by atoms with Crippen molar-refractivity contribution < 1.29 is 8.78 Å². The van der Waals surface area contributed by atoms with Crippen molar-refractivity contribution >= 4 is 15.9 Å². The molecule has 0 spiro atoms. The number of rotatable bonds is 1. The minimum atomic E-state index is -0.378. The Kier molecular flexibility index (Phi) is 2.82. The summed E-state index contributed by atoms with van der Waals surface area (Å²) in [6.07, 6.45) is 0. The summed E-state index contributed by atoms with van der Waals surface area (Å²) in [6.45, 7) is 0. The van der Waals surface area contributed by atoms with E-state index in [9.17, 15) is 8.78 Å². The van der Waals surface area contributed by atoms with E-state index in [-0.39, 0.29) is 11.6 Å². The van der Waals surface area contributed by atoms with Crippen LogP contribution in [0, 0.1) is 11.6 Å². The largest absolute Gasteiger partial charge is 0.207 e. The van der Waals surface area contributed by atoms with E-state index in [1.807, 2.05) is 0 Å². The second-order valence-corrected chi connectivity index (χ2v) is 3.96. The van der Waals surface area contributed by atoms with Crippen molar-refractivity contribution in [1.82, 2.24) is 0 Å². The third kappa shape index (κ3) is 2.07. The van der Waals surface area contributed by atoms with E-state index in [0.29, 0.717) is 15.6 Å². The first-order chi connectivity index (χ1) is 7.18. The third-order valence-corrected chi connectivity index (χ3v) is 2.78. The molecule has 0 radical (unpaired) electrons. The Hall–Kier alpha value is -1.22. The van der Waals surface area contributed by atoms with Gasteiger partial charge < -0.3 is 0 Å². The van der Waals surface area contributed by atoms with Crippen molar-refractivity contribution in [3.63, 3.8) is 0 Å². The summed E-state index contributed by atoms with van der Waals surface area (Å²) >= 11 is 3.27. The lowest BCUT2D eigenvalue weighted by Crippen LogP contribution is -1.86. The van der Waals surface area contributed by atoms with Crippen molar-refractivity contribution in [2.75, 3.05) is 0 Å². The van der Waals surface area contributed by atoms with Gasteiger partial charge in [-0.05, 0) is 24.3 Å². The highest BCUT2D eigenvalue weighted by atomic mass is 79.9. The molecule has 0 aliphatic carbocycles. The molecule has 76 valence electrons. The quantitative estimate of drug-likeness (QED) is 0.720. The fourth-order valence-electron chi connectivity index (χ4n) is 1.38. The van der Waals surface area contributed by atoms with Gasteiger partial charge in [0.25, 0.3) is 0 Å². The smallest absolute Gasteiger partial charge is 0.131 e. The van der Waals surface area contributed by atoms with Crippen LogP contribution in [0.5, 0.6) is 0 Å². The van der Waals surface area contributed by atoms with Crippen LogP contribution in [0.15, 0.2) is 46.9 Å². The average Bonchev–Trinajstić information content (AvgIpc) is 2.23. The predicted octanol–water partition coefficient (Wildman–Crippen LogP) is 4.39. The molecular formula is C12H7BrF2. The van der Waals surface area contributed by atoms with E-state index in [1.165, 1.54) is 18.2 Å². The third-order valence-electron chi connectivity index (χ3n) is 2.09. The molecule has 0 N–H and O–H groups in total. The SMILES string of the molecule is Fc1ccc(Br)c(-c2ccccc2F)c1.